The number of nitrogens with two attached hydrogens (primary N) is 1. The molecule has 0 radical (unpaired) electrons. The average Bonchev–Trinajstić information content (AvgIpc) is 3.28. The molecule has 8 heteroatoms. The molecule has 0 spiro atoms. The van der Waals surface area contributed by atoms with E-state index in [1.807, 2.05) is 11.8 Å². The molecule has 1 aliphatic heterocycles. The highest BCUT2D eigenvalue weighted by atomic mass is 35.5. The number of amides is 2. The van der Waals surface area contributed by atoms with Crippen molar-refractivity contribution in [2.75, 3.05) is 13.7 Å². The summed E-state index contributed by atoms with van der Waals surface area (Å²) in [5.41, 5.74) is 6.12. The van der Waals surface area contributed by atoms with Gasteiger partial charge in [-0.15, -0.1) is 0 Å². The Labute approximate surface area is 180 Å². The maximum atomic E-state index is 13.7. The fourth-order valence-electron chi connectivity index (χ4n) is 5.50. The molecule has 2 fully saturated rings. The first kappa shape index (κ1) is 20.8. The standard InChI is InChI=1S/C22H27ClN2O5/c1-11-16-14(28-5)8-13(9-15(16)29-18(11)23)19(26)25-10-12-6-7-22(25,21(2,3)4)17(12)30-20(24)27/h8-9,12,17H,6-7,10H2,1-5H3,(H2,24,27)/t12?,17-,22?/m1/s1. The summed E-state index contributed by atoms with van der Waals surface area (Å²) in [5, 5.41) is 1.02. The van der Waals surface area contributed by atoms with Crippen LogP contribution < -0.4 is 10.5 Å². The van der Waals surface area contributed by atoms with Crippen molar-refractivity contribution >= 4 is 34.6 Å². The summed E-state index contributed by atoms with van der Waals surface area (Å²) in [7, 11) is 1.55. The molecule has 2 aromatic rings. The number of fused-ring (bicyclic) bond motifs is 3. The van der Waals surface area contributed by atoms with Crippen molar-refractivity contribution in [1.82, 2.24) is 4.90 Å². The number of furan rings is 1. The monoisotopic (exact) mass is 434 g/mol. The molecular formula is C22H27ClN2O5. The number of hydrogen-bond donors (Lipinski definition) is 1. The number of halogens is 1. The number of ether oxygens (including phenoxy) is 2. The van der Waals surface area contributed by atoms with E-state index in [-0.39, 0.29) is 22.5 Å². The van der Waals surface area contributed by atoms with Crippen LogP contribution in [0.25, 0.3) is 11.0 Å². The minimum absolute atomic E-state index is 0.0617. The van der Waals surface area contributed by atoms with Crippen molar-refractivity contribution < 1.29 is 23.5 Å². The maximum absolute atomic E-state index is 13.7. The van der Waals surface area contributed by atoms with E-state index in [1.54, 1.807) is 19.2 Å². The van der Waals surface area contributed by atoms with Crippen molar-refractivity contribution in [3.8, 4) is 5.75 Å². The minimum atomic E-state index is -0.807. The Kier molecular flexibility index (Phi) is 4.73. The predicted octanol–water partition coefficient (Wildman–Crippen LogP) is 4.52. The lowest BCUT2D eigenvalue weighted by Gasteiger charge is -2.49. The Morgan fingerprint density at radius 2 is 2.03 bits per heavy atom. The lowest BCUT2D eigenvalue weighted by Crippen LogP contribution is -2.60. The molecule has 4 rings (SSSR count). The number of methoxy groups -OCH3 is 1. The molecule has 30 heavy (non-hydrogen) atoms. The van der Waals surface area contributed by atoms with Crippen LogP contribution in [0.2, 0.25) is 5.22 Å². The van der Waals surface area contributed by atoms with Gasteiger partial charge in [-0.2, -0.15) is 0 Å². The number of carbonyl (C=O) groups is 2. The van der Waals surface area contributed by atoms with Gasteiger partial charge in [0, 0.05) is 23.6 Å². The van der Waals surface area contributed by atoms with E-state index >= 15 is 0 Å². The van der Waals surface area contributed by atoms with Gasteiger partial charge in [-0.25, -0.2) is 4.79 Å². The summed E-state index contributed by atoms with van der Waals surface area (Å²) < 4.78 is 16.7. The first-order chi connectivity index (χ1) is 14.0. The largest absolute Gasteiger partial charge is 0.496 e. The Bertz CT molecular complexity index is 1040. The molecule has 1 aromatic heterocycles. The van der Waals surface area contributed by atoms with Gasteiger partial charge in [0.25, 0.3) is 5.91 Å². The highest BCUT2D eigenvalue weighted by Crippen LogP contribution is 2.57. The highest BCUT2D eigenvalue weighted by Gasteiger charge is 2.66. The summed E-state index contributed by atoms with van der Waals surface area (Å²) in [4.78, 5) is 27.2. The third-order valence-electron chi connectivity index (χ3n) is 6.88. The number of piperidine rings is 1. The van der Waals surface area contributed by atoms with Gasteiger partial charge in [-0.3, -0.25) is 4.79 Å². The molecule has 3 atom stereocenters. The van der Waals surface area contributed by atoms with Crippen LogP contribution in [-0.4, -0.2) is 42.2 Å². The molecule has 2 bridgehead atoms. The van der Waals surface area contributed by atoms with Gasteiger partial charge in [-0.05, 0) is 48.9 Å². The van der Waals surface area contributed by atoms with Crippen LogP contribution in [0.15, 0.2) is 16.5 Å². The number of likely N-dealkylation sites (tertiary alicyclic amines) is 1. The molecule has 7 nitrogen and oxygen atoms in total. The number of benzene rings is 1. The third-order valence-corrected chi connectivity index (χ3v) is 7.24. The zero-order chi connectivity index (χ0) is 22.0. The number of carbonyl (C=O) groups excluding carboxylic acids is 2. The van der Waals surface area contributed by atoms with Crippen molar-refractivity contribution in [3.63, 3.8) is 0 Å². The van der Waals surface area contributed by atoms with Crippen molar-refractivity contribution in [1.29, 1.82) is 0 Å². The molecular weight excluding hydrogens is 408 g/mol. The van der Waals surface area contributed by atoms with Crippen LogP contribution in [-0.2, 0) is 4.74 Å². The smallest absolute Gasteiger partial charge is 0.404 e. The molecule has 2 aliphatic rings. The Balaban J connectivity index is 1.81. The third kappa shape index (κ3) is 2.78. The Morgan fingerprint density at radius 1 is 1.33 bits per heavy atom. The number of rotatable bonds is 3. The second-order valence-corrected chi connectivity index (χ2v) is 9.64. The van der Waals surface area contributed by atoms with Gasteiger partial charge >= 0.3 is 6.09 Å². The molecule has 1 aliphatic carbocycles. The quantitative estimate of drug-likeness (QED) is 0.766. The van der Waals surface area contributed by atoms with Gasteiger partial charge < -0.3 is 24.5 Å². The zero-order valence-electron chi connectivity index (χ0n) is 17.9. The Hall–Kier alpha value is -2.41. The average molecular weight is 435 g/mol. The van der Waals surface area contributed by atoms with E-state index in [0.717, 1.165) is 23.8 Å². The zero-order valence-corrected chi connectivity index (χ0v) is 18.6. The molecule has 2 heterocycles. The van der Waals surface area contributed by atoms with Crippen LogP contribution in [0, 0.1) is 18.3 Å². The maximum Gasteiger partial charge on any atom is 0.404 e. The van der Waals surface area contributed by atoms with E-state index in [1.165, 1.54) is 0 Å². The molecule has 2 unspecified atom stereocenters. The lowest BCUT2D eigenvalue weighted by atomic mass is 9.70. The number of aryl methyl sites for hydroxylation is 1. The molecule has 2 N–H and O–H groups in total. The second-order valence-electron chi connectivity index (χ2n) is 9.30. The van der Waals surface area contributed by atoms with E-state index in [2.05, 4.69) is 20.8 Å². The van der Waals surface area contributed by atoms with E-state index in [9.17, 15) is 9.59 Å². The number of nitrogens with zero attached hydrogens (tertiary/aromatic N) is 1. The summed E-state index contributed by atoms with van der Waals surface area (Å²) in [6.45, 7) is 8.55. The van der Waals surface area contributed by atoms with Gasteiger partial charge in [-0.1, -0.05) is 20.8 Å². The van der Waals surface area contributed by atoms with Crippen LogP contribution in [0.3, 0.4) is 0 Å². The predicted molar refractivity (Wildman–Crippen MR) is 113 cm³/mol. The minimum Gasteiger partial charge on any atom is -0.496 e. The summed E-state index contributed by atoms with van der Waals surface area (Å²) in [5.74, 6) is 0.435. The molecule has 1 saturated carbocycles. The van der Waals surface area contributed by atoms with Crippen molar-refractivity contribution in [2.45, 2.75) is 52.2 Å². The van der Waals surface area contributed by atoms with E-state index < -0.39 is 17.7 Å². The summed E-state index contributed by atoms with van der Waals surface area (Å²) in [6.07, 6.45) is 0.396. The lowest BCUT2D eigenvalue weighted by molar-refractivity contribution is -0.0359. The van der Waals surface area contributed by atoms with Crippen molar-refractivity contribution in [3.05, 3.63) is 28.5 Å². The van der Waals surface area contributed by atoms with Gasteiger partial charge in [0.05, 0.1) is 18.0 Å². The highest BCUT2D eigenvalue weighted by molar-refractivity contribution is 6.31. The van der Waals surface area contributed by atoms with Crippen molar-refractivity contribution in [2.24, 2.45) is 17.1 Å². The summed E-state index contributed by atoms with van der Waals surface area (Å²) in [6, 6.07) is 3.42. The van der Waals surface area contributed by atoms with Crippen LogP contribution in [0.4, 0.5) is 4.79 Å². The molecule has 2 amide bonds. The number of primary amides is 1. The number of hydrogen-bond acceptors (Lipinski definition) is 5. The fraction of sp³-hybridized carbons (Fsp3) is 0.545. The Morgan fingerprint density at radius 3 is 2.63 bits per heavy atom. The van der Waals surface area contributed by atoms with Crippen LogP contribution in [0.5, 0.6) is 5.75 Å². The molecule has 162 valence electrons. The van der Waals surface area contributed by atoms with Gasteiger partial charge in [0.15, 0.2) is 5.22 Å². The first-order valence-electron chi connectivity index (χ1n) is 10.1. The molecule has 1 aromatic carbocycles. The summed E-state index contributed by atoms with van der Waals surface area (Å²) >= 11 is 6.16. The van der Waals surface area contributed by atoms with Gasteiger partial charge in [0.1, 0.15) is 17.4 Å². The first-order valence-corrected chi connectivity index (χ1v) is 10.4. The van der Waals surface area contributed by atoms with E-state index in [0.29, 0.717) is 23.4 Å². The fourth-order valence-corrected chi connectivity index (χ4v) is 5.68. The second kappa shape index (κ2) is 6.80. The van der Waals surface area contributed by atoms with Gasteiger partial charge in [0.2, 0.25) is 0 Å². The van der Waals surface area contributed by atoms with Crippen LogP contribution in [0.1, 0.15) is 49.5 Å². The molecule has 1 saturated heterocycles. The van der Waals surface area contributed by atoms with Crippen LogP contribution >= 0.6 is 11.6 Å². The normalized spacial score (nSPS) is 25.7. The van der Waals surface area contributed by atoms with E-state index in [4.69, 9.17) is 31.2 Å². The SMILES string of the molecule is COc1cc(C(=O)N2CC3CCC2(C(C)(C)C)[C@@H]3OC(N)=O)cc2oc(Cl)c(C)c12. The topological polar surface area (TPSA) is 95.0 Å².